The Hall–Kier alpha value is -1.55. The van der Waals surface area contributed by atoms with Gasteiger partial charge in [-0.05, 0) is 19.4 Å². The summed E-state index contributed by atoms with van der Waals surface area (Å²) >= 11 is 0. The van der Waals surface area contributed by atoms with Crippen molar-refractivity contribution in [2.24, 2.45) is 10.9 Å². The van der Waals surface area contributed by atoms with E-state index in [-0.39, 0.29) is 11.9 Å². The van der Waals surface area contributed by atoms with E-state index >= 15 is 0 Å². The first-order chi connectivity index (χ1) is 7.63. The Bertz CT molecular complexity index is 346. The molecule has 0 aliphatic heterocycles. The van der Waals surface area contributed by atoms with E-state index in [9.17, 15) is 0 Å². The minimum Gasteiger partial charge on any atom is -0.409 e. The van der Waals surface area contributed by atoms with E-state index in [0.29, 0.717) is 13.0 Å². The summed E-state index contributed by atoms with van der Waals surface area (Å²) in [5.41, 5.74) is 7.88. The van der Waals surface area contributed by atoms with Crippen molar-refractivity contribution in [3.63, 3.8) is 0 Å². The molecule has 0 aromatic heterocycles. The van der Waals surface area contributed by atoms with E-state index in [0.717, 1.165) is 0 Å². The fraction of sp³-hybridized carbons (Fsp3) is 0.417. The molecule has 1 aromatic carbocycles. The van der Waals surface area contributed by atoms with E-state index in [1.165, 1.54) is 11.1 Å². The minimum atomic E-state index is 0.253. The predicted octanol–water partition coefficient (Wildman–Crippen LogP) is 1.78. The molecule has 0 bridgehead atoms. The number of hydrogen-bond acceptors (Lipinski definition) is 3. The number of rotatable bonds is 5. The van der Waals surface area contributed by atoms with Gasteiger partial charge in [0, 0.05) is 19.0 Å². The number of hydrogen-bond donors (Lipinski definition) is 3. The van der Waals surface area contributed by atoms with Gasteiger partial charge in [-0.3, -0.25) is 0 Å². The molecular weight excluding hydrogens is 202 g/mol. The topological polar surface area (TPSA) is 70.6 Å². The van der Waals surface area contributed by atoms with Crippen molar-refractivity contribution < 1.29 is 5.21 Å². The predicted molar refractivity (Wildman–Crippen MR) is 65.6 cm³/mol. The molecular formula is C12H19N3O. The maximum absolute atomic E-state index is 8.38. The summed E-state index contributed by atoms with van der Waals surface area (Å²) in [6.45, 7) is 4.86. The lowest BCUT2D eigenvalue weighted by Gasteiger charge is -2.14. The molecule has 16 heavy (non-hydrogen) atoms. The Morgan fingerprint density at radius 3 is 2.62 bits per heavy atom. The monoisotopic (exact) mass is 221 g/mol. The molecule has 1 atom stereocenters. The fourth-order valence-electron chi connectivity index (χ4n) is 1.44. The first-order valence-corrected chi connectivity index (χ1v) is 5.40. The van der Waals surface area contributed by atoms with Gasteiger partial charge in [-0.15, -0.1) is 0 Å². The summed E-state index contributed by atoms with van der Waals surface area (Å²) in [5, 5.41) is 14.6. The average Bonchev–Trinajstić information content (AvgIpc) is 2.29. The maximum Gasteiger partial charge on any atom is 0.140 e. The molecule has 88 valence electrons. The van der Waals surface area contributed by atoms with Crippen LogP contribution < -0.4 is 11.1 Å². The van der Waals surface area contributed by atoms with Crippen molar-refractivity contribution in [2.45, 2.75) is 26.3 Å². The normalized spacial score (nSPS) is 13.8. The Labute approximate surface area is 96.2 Å². The van der Waals surface area contributed by atoms with Crippen LogP contribution in [0.3, 0.4) is 0 Å². The lowest BCUT2D eigenvalue weighted by atomic mass is 10.1. The Balaban J connectivity index is 2.40. The zero-order valence-electron chi connectivity index (χ0n) is 9.77. The molecule has 0 amide bonds. The Morgan fingerprint density at radius 1 is 1.44 bits per heavy atom. The Morgan fingerprint density at radius 2 is 2.06 bits per heavy atom. The zero-order chi connectivity index (χ0) is 12.0. The molecule has 0 heterocycles. The van der Waals surface area contributed by atoms with Gasteiger partial charge in [-0.25, -0.2) is 0 Å². The highest BCUT2D eigenvalue weighted by atomic mass is 16.4. The summed E-state index contributed by atoms with van der Waals surface area (Å²) in [7, 11) is 0. The zero-order valence-corrected chi connectivity index (χ0v) is 9.77. The summed E-state index contributed by atoms with van der Waals surface area (Å²) in [6.07, 6.45) is 0.548. The molecule has 4 N–H and O–H groups in total. The third kappa shape index (κ3) is 3.90. The molecule has 0 spiro atoms. The summed E-state index contributed by atoms with van der Waals surface area (Å²) in [4.78, 5) is 0. The van der Waals surface area contributed by atoms with E-state index in [1.54, 1.807) is 0 Å². The second kappa shape index (κ2) is 6.12. The fourth-order valence-corrected chi connectivity index (χ4v) is 1.44. The maximum atomic E-state index is 8.38. The van der Waals surface area contributed by atoms with Crippen LogP contribution in [0.5, 0.6) is 0 Å². The summed E-state index contributed by atoms with van der Waals surface area (Å²) in [5.74, 6) is 0.253. The van der Waals surface area contributed by atoms with Crippen LogP contribution in [0.2, 0.25) is 0 Å². The summed E-state index contributed by atoms with van der Waals surface area (Å²) in [6, 6.07) is 8.67. The van der Waals surface area contributed by atoms with Gasteiger partial charge in [0.2, 0.25) is 0 Å². The van der Waals surface area contributed by atoms with E-state index in [4.69, 9.17) is 10.9 Å². The lowest BCUT2D eigenvalue weighted by molar-refractivity contribution is 0.316. The SMILES string of the molecule is Cc1ccc([C@@H](C)NCC/C(N)=N/O)cc1. The van der Waals surface area contributed by atoms with Crippen molar-refractivity contribution in [1.82, 2.24) is 5.32 Å². The largest absolute Gasteiger partial charge is 0.409 e. The van der Waals surface area contributed by atoms with Crippen LogP contribution in [0.15, 0.2) is 29.4 Å². The standard InChI is InChI=1S/C12H19N3O/c1-9-3-5-11(6-4-9)10(2)14-8-7-12(13)15-16/h3-6,10,14,16H,7-8H2,1-2H3,(H2,13,15)/t10-/m1/s1. The van der Waals surface area contributed by atoms with Crippen molar-refractivity contribution in [3.8, 4) is 0 Å². The number of nitrogens with two attached hydrogens (primary N) is 1. The molecule has 0 aliphatic carbocycles. The van der Waals surface area contributed by atoms with Crippen molar-refractivity contribution in [2.75, 3.05) is 6.54 Å². The molecule has 1 aromatic rings. The smallest absolute Gasteiger partial charge is 0.140 e. The average molecular weight is 221 g/mol. The van der Waals surface area contributed by atoms with E-state index in [2.05, 4.69) is 48.6 Å². The number of oxime groups is 1. The second-order valence-electron chi connectivity index (χ2n) is 3.93. The van der Waals surface area contributed by atoms with Crippen LogP contribution in [0, 0.1) is 6.92 Å². The molecule has 0 saturated carbocycles. The van der Waals surface area contributed by atoms with Gasteiger partial charge in [-0.1, -0.05) is 35.0 Å². The highest BCUT2D eigenvalue weighted by Gasteiger charge is 2.04. The molecule has 0 saturated heterocycles. The minimum absolute atomic E-state index is 0.253. The number of amidine groups is 1. The van der Waals surface area contributed by atoms with Crippen molar-refractivity contribution >= 4 is 5.84 Å². The van der Waals surface area contributed by atoms with Gasteiger partial charge in [0.05, 0.1) is 0 Å². The third-order valence-corrected chi connectivity index (χ3v) is 2.54. The van der Waals surface area contributed by atoms with Crippen LogP contribution in [0.4, 0.5) is 0 Å². The van der Waals surface area contributed by atoms with Gasteiger partial charge < -0.3 is 16.3 Å². The highest BCUT2D eigenvalue weighted by Crippen LogP contribution is 2.12. The van der Waals surface area contributed by atoms with Gasteiger partial charge in [0.15, 0.2) is 0 Å². The summed E-state index contributed by atoms with van der Waals surface area (Å²) < 4.78 is 0. The van der Waals surface area contributed by atoms with Crippen molar-refractivity contribution in [1.29, 1.82) is 0 Å². The van der Waals surface area contributed by atoms with Crippen molar-refractivity contribution in [3.05, 3.63) is 35.4 Å². The van der Waals surface area contributed by atoms with Gasteiger partial charge in [-0.2, -0.15) is 0 Å². The van der Waals surface area contributed by atoms with Gasteiger partial charge >= 0.3 is 0 Å². The number of aryl methyl sites for hydroxylation is 1. The van der Waals surface area contributed by atoms with Crippen LogP contribution >= 0.6 is 0 Å². The van der Waals surface area contributed by atoms with E-state index in [1.807, 2.05) is 0 Å². The molecule has 4 heteroatoms. The third-order valence-electron chi connectivity index (χ3n) is 2.54. The molecule has 1 rings (SSSR count). The molecule has 0 radical (unpaired) electrons. The van der Waals surface area contributed by atoms with Crippen LogP contribution in [-0.2, 0) is 0 Å². The molecule has 0 fully saturated rings. The van der Waals surface area contributed by atoms with Crippen LogP contribution in [0.1, 0.15) is 30.5 Å². The molecule has 0 unspecified atom stereocenters. The quantitative estimate of drug-likeness (QED) is 0.307. The number of benzene rings is 1. The van der Waals surface area contributed by atoms with E-state index < -0.39 is 0 Å². The molecule has 4 nitrogen and oxygen atoms in total. The van der Waals surface area contributed by atoms with Crippen LogP contribution in [0.25, 0.3) is 0 Å². The van der Waals surface area contributed by atoms with Gasteiger partial charge in [0.1, 0.15) is 5.84 Å². The second-order valence-corrected chi connectivity index (χ2v) is 3.93. The first kappa shape index (κ1) is 12.5. The number of nitrogens with zero attached hydrogens (tertiary/aromatic N) is 1. The first-order valence-electron chi connectivity index (χ1n) is 5.40. The Kier molecular flexibility index (Phi) is 4.79. The van der Waals surface area contributed by atoms with Gasteiger partial charge in [0.25, 0.3) is 0 Å². The van der Waals surface area contributed by atoms with Crippen LogP contribution in [-0.4, -0.2) is 17.6 Å². The number of nitrogens with one attached hydrogen (secondary N) is 1. The molecule has 0 aliphatic rings. The highest BCUT2D eigenvalue weighted by molar-refractivity contribution is 5.79. The lowest BCUT2D eigenvalue weighted by Crippen LogP contribution is -2.24.